The van der Waals surface area contributed by atoms with Crippen LogP contribution in [0.1, 0.15) is 31.4 Å². The van der Waals surface area contributed by atoms with Gasteiger partial charge in [-0.05, 0) is 19.9 Å². The van der Waals surface area contributed by atoms with Crippen LogP contribution in [-0.4, -0.2) is 29.3 Å². The van der Waals surface area contributed by atoms with Gasteiger partial charge in [-0.15, -0.1) is 0 Å². The first-order valence-corrected chi connectivity index (χ1v) is 6.14. The summed E-state index contributed by atoms with van der Waals surface area (Å²) in [5, 5.41) is 3.74. The van der Waals surface area contributed by atoms with E-state index in [9.17, 15) is 13.2 Å². The quantitative estimate of drug-likeness (QED) is 0.837. The van der Waals surface area contributed by atoms with Crippen LogP contribution in [0.25, 0.3) is 0 Å². The molecule has 1 aromatic rings. The van der Waals surface area contributed by atoms with Crippen molar-refractivity contribution in [2.24, 2.45) is 5.92 Å². The standard InChI is InChI=1S/C12H17F3N2O/c1-17(8-9-6-7-18-16-9)11-5-3-2-4-10(11)12(13,14)15/h6-7,10-11H,2-5,8H2,1H3/t10-,11+/m1/s1. The highest BCUT2D eigenvalue weighted by molar-refractivity contribution is 4.96. The molecule has 0 radical (unpaired) electrons. The summed E-state index contributed by atoms with van der Waals surface area (Å²) in [5.74, 6) is -1.22. The second kappa shape index (κ2) is 5.30. The summed E-state index contributed by atoms with van der Waals surface area (Å²) >= 11 is 0. The molecule has 102 valence electrons. The topological polar surface area (TPSA) is 29.3 Å². The molecule has 6 heteroatoms. The monoisotopic (exact) mass is 262 g/mol. The number of alkyl halides is 3. The number of hydrogen-bond acceptors (Lipinski definition) is 3. The van der Waals surface area contributed by atoms with Crippen LogP contribution in [0.3, 0.4) is 0 Å². The van der Waals surface area contributed by atoms with E-state index in [1.807, 2.05) is 0 Å². The van der Waals surface area contributed by atoms with Crippen molar-refractivity contribution < 1.29 is 17.7 Å². The molecule has 0 unspecified atom stereocenters. The van der Waals surface area contributed by atoms with E-state index in [-0.39, 0.29) is 6.42 Å². The third-order valence-corrected chi connectivity index (χ3v) is 3.62. The molecule has 1 saturated carbocycles. The highest BCUT2D eigenvalue weighted by atomic mass is 19.4. The van der Waals surface area contributed by atoms with Gasteiger partial charge in [0.1, 0.15) is 6.26 Å². The third-order valence-electron chi connectivity index (χ3n) is 3.62. The summed E-state index contributed by atoms with van der Waals surface area (Å²) in [6.07, 6.45) is -0.316. The molecular formula is C12H17F3N2O. The van der Waals surface area contributed by atoms with Crippen molar-refractivity contribution in [3.8, 4) is 0 Å². The number of rotatable bonds is 3. The predicted molar refractivity (Wildman–Crippen MR) is 59.8 cm³/mol. The first kappa shape index (κ1) is 13.4. The van der Waals surface area contributed by atoms with E-state index < -0.39 is 18.1 Å². The third kappa shape index (κ3) is 3.04. The lowest BCUT2D eigenvalue weighted by molar-refractivity contribution is -0.198. The molecule has 1 aromatic heterocycles. The Hall–Kier alpha value is -1.04. The lowest BCUT2D eigenvalue weighted by Crippen LogP contribution is -2.46. The fraction of sp³-hybridized carbons (Fsp3) is 0.750. The van der Waals surface area contributed by atoms with Crippen LogP contribution in [0.4, 0.5) is 13.2 Å². The van der Waals surface area contributed by atoms with Crippen LogP contribution in [0.2, 0.25) is 0 Å². The summed E-state index contributed by atoms with van der Waals surface area (Å²) in [6.45, 7) is 0.397. The molecule has 3 nitrogen and oxygen atoms in total. The van der Waals surface area contributed by atoms with Gasteiger partial charge in [-0.25, -0.2) is 0 Å². The second-order valence-electron chi connectivity index (χ2n) is 4.91. The van der Waals surface area contributed by atoms with Gasteiger partial charge in [0.15, 0.2) is 0 Å². The average molecular weight is 262 g/mol. The highest BCUT2D eigenvalue weighted by Gasteiger charge is 2.46. The maximum absolute atomic E-state index is 13.0. The summed E-state index contributed by atoms with van der Waals surface area (Å²) in [6, 6.07) is 1.23. The molecule has 0 saturated heterocycles. The van der Waals surface area contributed by atoms with Gasteiger partial charge in [0, 0.05) is 18.7 Å². The van der Waals surface area contributed by atoms with Gasteiger partial charge in [-0.1, -0.05) is 18.0 Å². The predicted octanol–water partition coefficient (Wildman–Crippen LogP) is 3.23. The summed E-state index contributed by atoms with van der Waals surface area (Å²) in [4.78, 5) is 1.75. The number of halogens is 3. The molecule has 0 N–H and O–H groups in total. The van der Waals surface area contributed by atoms with Gasteiger partial charge >= 0.3 is 6.18 Å². The van der Waals surface area contributed by atoms with Gasteiger partial charge in [0.05, 0.1) is 11.6 Å². The minimum Gasteiger partial charge on any atom is -0.364 e. The van der Waals surface area contributed by atoms with Crippen LogP contribution in [0.5, 0.6) is 0 Å². The largest absolute Gasteiger partial charge is 0.393 e. The van der Waals surface area contributed by atoms with E-state index >= 15 is 0 Å². The molecule has 0 amide bonds. The van der Waals surface area contributed by atoms with Crippen molar-refractivity contribution in [3.05, 3.63) is 18.0 Å². The van der Waals surface area contributed by atoms with E-state index in [0.717, 1.165) is 6.42 Å². The SMILES string of the molecule is CN(Cc1ccon1)[C@H]1CCCC[C@H]1C(F)(F)F. The first-order valence-electron chi connectivity index (χ1n) is 6.14. The molecule has 0 spiro atoms. The zero-order valence-electron chi connectivity index (χ0n) is 10.3. The van der Waals surface area contributed by atoms with E-state index in [2.05, 4.69) is 5.16 Å². The van der Waals surface area contributed by atoms with E-state index in [4.69, 9.17) is 4.52 Å². The smallest absolute Gasteiger partial charge is 0.364 e. The van der Waals surface area contributed by atoms with E-state index in [0.29, 0.717) is 25.1 Å². The minimum absolute atomic E-state index is 0.233. The van der Waals surface area contributed by atoms with Crippen LogP contribution in [-0.2, 0) is 6.54 Å². The fourth-order valence-electron chi connectivity index (χ4n) is 2.71. The Morgan fingerprint density at radius 3 is 2.72 bits per heavy atom. The number of nitrogens with zero attached hydrogens (tertiary/aromatic N) is 2. The van der Waals surface area contributed by atoms with Crippen molar-refractivity contribution in [2.45, 2.75) is 44.4 Å². The van der Waals surface area contributed by atoms with E-state index in [1.54, 1.807) is 18.0 Å². The highest BCUT2D eigenvalue weighted by Crippen LogP contribution is 2.39. The van der Waals surface area contributed by atoms with E-state index in [1.165, 1.54) is 6.26 Å². The molecule has 0 bridgehead atoms. The summed E-state index contributed by atoms with van der Waals surface area (Å²) in [5.41, 5.74) is 0.670. The lowest BCUT2D eigenvalue weighted by atomic mass is 9.83. The fourth-order valence-corrected chi connectivity index (χ4v) is 2.71. The normalized spacial score (nSPS) is 25.6. The Labute approximate surface area is 104 Å². The van der Waals surface area contributed by atoms with Crippen molar-refractivity contribution in [1.29, 1.82) is 0 Å². The zero-order chi connectivity index (χ0) is 13.2. The van der Waals surface area contributed by atoms with Gasteiger partial charge in [-0.3, -0.25) is 4.90 Å². The average Bonchev–Trinajstić information content (AvgIpc) is 2.80. The maximum atomic E-state index is 13.0. The van der Waals surface area contributed by atoms with Crippen molar-refractivity contribution >= 4 is 0 Å². The summed E-state index contributed by atoms with van der Waals surface area (Å²) in [7, 11) is 1.73. The zero-order valence-corrected chi connectivity index (χ0v) is 10.3. The van der Waals surface area contributed by atoms with Crippen molar-refractivity contribution in [1.82, 2.24) is 10.1 Å². The number of aromatic nitrogens is 1. The van der Waals surface area contributed by atoms with Crippen LogP contribution < -0.4 is 0 Å². The molecule has 1 aliphatic rings. The van der Waals surface area contributed by atoms with Crippen LogP contribution in [0, 0.1) is 5.92 Å². The second-order valence-corrected chi connectivity index (χ2v) is 4.91. The molecule has 1 fully saturated rings. The van der Waals surface area contributed by atoms with Gasteiger partial charge < -0.3 is 4.52 Å². The molecule has 0 aromatic carbocycles. The molecular weight excluding hydrogens is 245 g/mol. The summed E-state index contributed by atoms with van der Waals surface area (Å²) < 4.78 is 43.6. The first-order chi connectivity index (χ1) is 8.48. The van der Waals surface area contributed by atoms with Crippen molar-refractivity contribution in [2.75, 3.05) is 7.05 Å². The van der Waals surface area contributed by atoms with Crippen molar-refractivity contribution in [3.63, 3.8) is 0 Å². The maximum Gasteiger partial charge on any atom is 0.393 e. The molecule has 2 rings (SSSR count). The Morgan fingerprint density at radius 1 is 1.39 bits per heavy atom. The molecule has 0 aliphatic heterocycles. The Kier molecular flexibility index (Phi) is 3.94. The van der Waals surface area contributed by atoms with Gasteiger partial charge in [0.2, 0.25) is 0 Å². The minimum atomic E-state index is -4.11. The van der Waals surface area contributed by atoms with Gasteiger partial charge in [0.25, 0.3) is 0 Å². The molecule has 18 heavy (non-hydrogen) atoms. The molecule has 1 heterocycles. The number of hydrogen-bond donors (Lipinski definition) is 0. The van der Waals surface area contributed by atoms with Gasteiger partial charge in [-0.2, -0.15) is 13.2 Å². The Bertz CT molecular complexity index is 364. The molecule has 2 atom stereocenters. The molecule has 1 aliphatic carbocycles. The lowest BCUT2D eigenvalue weighted by Gasteiger charge is -2.38. The van der Waals surface area contributed by atoms with Crippen LogP contribution in [0.15, 0.2) is 16.9 Å². The Morgan fingerprint density at radius 2 is 2.11 bits per heavy atom. The Balaban J connectivity index is 2.04. The van der Waals surface area contributed by atoms with Crippen LogP contribution >= 0.6 is 0 Å².